The van der Waals surface area contributed by atoms with Gasteiger partial charge in [0.1, 0.15) is 11.5 Å². The minimum atomic E-state index is 0.0911. The molecule has 2 aromatic carbocycles. The maximum Gasteiger partial charge on any atom is 0.224 e. The van der Waals surface area contributed by atoms with E-state index in [1.54, 1.807) is 7.11 Å². The van der Waals surface area contributed by atoms with Crippen LogP contribution in [0.15, 0.2) is 42.5 Å². The van der Waals surface area contributed by atoms with Crippen molar-refractivity contribution in [3.8, 4) is 11.5 Å². The Morgan fingerprint density at radius 1 is 0.903 bits per heavy atom. The maximum atomic E-state index is 11.6. The molecule has 0 saturated carbocycles. The van der Waals surface area contributed by atoms with E-state index in [4.69, 9.17) is 9.47 Å². The number of hydrogen-bond donors (Lipinski definition) is 1. The third-order valence-electron chi connectivity index (χ3n) is 6.18. The number of carbonyl (C=O) groups is 1. The Bertz CT molecular complexity index is 878. The smallest absolute Gasteiger partial charge is 0.224 e. The summed E-state index contributed by atoms with van der Waals surface area (Å²) in [6.45, 7) is 6.14. The molecule has 2 aliphatic rings. The van der Waals surface area contributed by atoms with Gasteiger partial charge in [-0.3, -0.25) is 9.69 Å². The zero-order valence-corrected chi connectivity index (χ0v) is 18.4. The summed E-state index contributed by atoms with van der Waals surface area (Å²) in [5.41, 5.74) is 3.24. The van der Waals surface area contributed by atoms with E-state index in [0.717, 1.165) is 74.9 Å². The minimum Gasteiger partial charge on any atom is -0.495 e. The van der Waals surface area contributed by atoms with Gasteiger partial charge < -0.3 is 19.7 Å². The molecule has 2 aliphatic heterocycles. The van der Waals surface area contributed by atoms with E-state index in [1.165, 1.54) is 18.5 Å². The Labute approximate surface area is 185 Å². The fourth-order valence-corrected chi connectivity index (χ4v) is 4.43. The lowest BCUT2D eigenvalue weighted by Crippen LogP contribution is -2.46. The summed E-state index contributed by atoms with van der Waals surface area (Å²) >= 11 is 0. The van der Waals surface area contributed by atoms with Gasteiger partial charge in [-0.25, -0.2) is 0 Å². The van der Waals surface area contributed by atoms with Crippen molar-refractivity contribution >= 4 is 17.3 Å². The van der Waals surface area contributed by atoms with Gasteiger partial charge in [-0.05, 0) is 56.5 Å². The molecule has 0 spiro atoms. The second-order valence-corrected chi connectivity index (χ2v) is 8.24. The Kier molecular flexibility index (Phi) is 7.30. The van der Waals surface area contributed by atoms with Gasteiger partial charge >= 0.3 is 0 Å². The third-order valence-corrected chi connectivity index (χ3v) is 6.18. The summed E-state index contributed by atoms with van der Waals surface area (Å²) in [6.07, 6.45) is 4.71. The lowest BCUT2D eigenvalue weighted by atomic mass is 10.0. The number of rotatable bonds is 9. The highest BCUT2D eigenvalue weighted by Crippen LogP contribution is 2.31. The van der Waals surface area contributed by atoms with E-state index < -0.39 is 0 Å². The molecule has 0 aliphatic carbocycles. The quantitative estimate of drug-likeness (QED) is 0.619. The molecule has 0 aromatic heterocycles. The number of hydrogen-bond acceptors (Lipinski definition) is 5. The van der Waals surface area contributed by atoms with Crippen LogP contribution in [0.5, 0.6) is 11.5 Å². The zero-order chi connectivity index (χ0) is 21.5. The van der Waals surface area contributed by atoms with E-state index in [9.17, 15) is 4.79 Å². The number of nitrogens with zero attached hydrogens (tertiary/aromatic N) is 2. The van der Waals surface area contributed by atoms with Gasteiger partial charge in [0, 0.05) is 43.9 Å². The first-order valence-electron chi connectivity index (χ1n) is 11.4. The predicted molar refractivity (Wildman–Crippen MR) is 124 cm³/mol. The number of para-hydroxylation sites is 2. The largest absolute Gasteiger partial charge is 0.495 e. The molecule has 2 heterocycles. The van der Waals surface area contributed by atoms with Crippen molar-refractivity contribution in [2.45, 2.75) is 32.1 Å². The lowest BCUT2D eigenvalue weighted by Gasteiger charge is -2.36. The monoisotopic (exact) mass is 423 g/mol. The molecular formula is C25H33N3O3. The van der Waals surface area contributed by atoms with Gasteiger partial charge in [0.05, 0.1) is 19.4 Å². The highest BCUT2D eigenvalue weighted by Gasteiger charge is 2.20. The number of unbranched alkanes of at least 4 members (excludes halogenated alkanes) is 2. The van der Waals surface area contributed by atoms with E-state index >= 15 is 0 Å². The first-order valence-corrected chi connectivity index (χ1v) is 11.4. The van der Waals surface area contributed by atoms with Gasteiger partial charge in [0.25, 0.3) is 0 Å². The topological polar surface area (TPSA) is 54.0 Å². The van der Waals surface area contributed by atoms with Crippen molar-refractivity contribution in [3.63, 3.8) is 0 Å². The highest BCUT2D eigenvalue weighted by atomic mass is 16.5. The van der Waals surface area contributed by atoms with E-state index in [2.05, 4.69) is 27.2 Å². The van der Waals surface area contributed by atoms with Crippen LogP contribution < -0.4 is 19.7 Å². The van der Waals surface area contributed by atoms with E-state index in [0.29, 0.717) is 6.42 Å². The summed E-state index contributed by atoms with van der Waals surface area (Å²) in [4.78, 5) is 16.5. The standard InChI is InChI=1S/C25H33N3O3/c1-30-24-10-4-3-9-22(24)28-17-15-27(16-18-28)14-5-2-6-19-31-23-11-7-8-21-20(23)12-13-25(29)26-21/h3-4,7-11H,2,5-6,12-19H2,1H3,(H,26,29). The molecule has 4 rings (SSSR count). The first kappa shape index (κ1) is 21.5. The van der Waals surface area contributed by atoms with Crippen molar-refractivity contribution in [1.82, 2.24) is 4.90 Å². The summed E-state index contributed by atoms with van der Waals surface area (Å²) in [5, 5.41) is 2.93. The van der Waals surface area contributed by atoms with Gasteiger partial charge in [-0.15, -0.1) is 0 Å². The van der Waals surface area contributed by atoms with Crippen LogP contribution in [0.4, 0.5) is 11.4 Å². The van der Waals surface area contributed by atoms with Crippen molar-refractivity contribution in [3.05, 3.63) is 48.0 Å². The second kappa shape index (κ2) is 10.5. The predicted octanol–water partition coefficient (Wildman–Crippen LogP) is 3.95. The number of fused-ring (bicyclic) bond motifs is 1. The van der Waals surface area contributed by atoms with Crippen molar-refractivity contribution in [2.24, 2.45) is 0 Å². The maximum absolute atomic E-state index is 11.6. The molecule has 31 heavy (non-hydrogen) atoms. The Hall–Kier alpha value is -2.73. The molecule has 6 heteroatoms. The van der Waals surface area contributed by atoms with Gasteiger partial charge in [-0.1, -0.05) is 18.2 Å². The number of methoxy groups -OCH3 is 1. The van der Waals surface area contributed by atoms with Crippen LogP contribution >= 0.6 is 0 Å². The molecule has 6 nitrogen and oxygen atoms in total. The molecule has 0 radical (unpaired) electrons. The number of nitrogens with one attached hydrogen (secondary N) is 1. The van der Waals surface area contributed by atoms with Crippen LogP contribution in [0.25, 0.3) is 0 Å². The molecule has 1 amide bonds. The van der Waals surface area contributed by atoms with Gasteiger partial charge in [-0.2, -0.15) is 0 Å². The second-order valence-electron chi connectivity index (χ2n) is 8.24. The Morgan fingerprint density at radius 3 is 2.55 bits per heavy atom. The van der Waals surface area contributed by atoms with Gasteiger partial charge in [0.2, 0.25) is 5.91 Å². The molecule has 166 valence electrons. The summed E-state index contributed by atoms with van der Waals surface area (Å²) < 4.78 is 11.5. The minimum absolute atomic E-state index is 0.0911. The normalized spacial score (nSPS) is 16.5. The molecule has 1 N–H and O–H groups in total. The van der Waals surface area contributed by atoms with Crippen LogP contribution in [0.3, 0.4) is 0 Å². The van der Waals surface area contributed by atoms with Crippen LogP contribution in [0, 0.1) is 0 Å². The zero-order valence-electron chi connectivity index (χ0n) is 18.4. The average molecular weight is 424 g/mol. The number of ether oxygens (including phenoxy) is 2. The number of anilines is 2. The first-order chi connectivity index (χ1) is 15.2. The van der Waals surface area contributed by atoms with Crippen molar-refractivity contribution in [1.29, 1.82) is 0 Å². The molecule has 1 saturated heterocycles. The molecule has 0 atom stereocenters. The van der Waals surface area contributed by atoms with Crippen molar-refractivity contribution in [2.75, 3.05) is 56.7 Å². The molecule has 1 fully saturated rings. The van der Waals surface area contributed by atoms with Crippen LogP contribution in [0.2, 0.25) is 0 Å². The number of benzene rings is 2. The summed E-state index contributed by atoms with van der Waals surface area (Å²) in [5.74, 6) is 1.97. The van der Waals surface area contributed by atoms with Gasteiger partial charge in [0.15, 0.2) is 0 Å². The van der Waals surface area contributed by atoms with Crippen LogP contribution in [0.1, 0.15) is 31.2 Å². The lowest BCUT2D eigenvalue weighted by molar-refractivity contribution is -0.116. The molecule has 0 bridgehead atoms. The Balaban J connectivity index is 1.13. The summed E-state index contributed by atoms with van der Waals surface area (Å²) in [7, 11) is 1.74. The van der Waals surface area contributed by atoms with Crippen molar-refractivity contribution < 1.29 is 14.3 Å². The third kappa shape index (κ3) is 5.50. The molecule has 2 aromatic rings. The Morgan fingerprint density at radius 2 is 1.71 bits per heavy atom. The molecular weight excluding hydrogens is 390 g/mol. The molecule has 0 unspecified atom stereocenters. The van der Waals surface area contributed by atoms with Crippen LogP contribution in [-0.4, -0.2) is 57.2 Å². The van der Waals surface area contributed by atoms with E-state index in [-0.39, 0.29) is 5.91 Å². The fraction of sp³-hybridized carbons (Fsp3) is 0.480. The summed E-state index contributed by atoms with van der Waals surface area (Å²) in [6, 6.07) is 14.2. The number of carbonyl (C=O) groups excluding carboxylic acids is 1. The highest BCUT2D eigenvalue weighted by molar-refractivity contribution is 5.94. The fourth-order valence-electron chi connectivity index (χ4n) is 4.43. The number of amides is 1. The van der Waals surface area contributed by atoms with E-state index in [1.807, 2.05) is 30.3 Å². The average Bonchev–Trinajstić information content (AvgIpc) is 2.81. The van der Waals surface area contributed by atoms with Crippen LogP contribution in [-0.2, 0) is 11.2 Å². The SMILES string of the molecule is COc1ccccc1N1CCN(CCCCCOc2cccc3c2CCC(=O)N3)CC1. The number of piperazine rings is 1.